The minimum atomic E-state index is -0.126. The highest BCUT2D eigenvalue weighted by Crippen LogP contribution is 2.25. The van der Waals surface area contributed by atoms with Crippen LogP contribution in [0.4, 0.5) is 0 Å². The highest BCUT2D eigenvalue weighted by molar-refractivity contribution is 7.14. The van der Waals surface area contributed by atoms with Crippen molar-refractivity contribution >= 4 is 17.2 Å². The second kappa shape index (κ2) is 7.23. The third-order valence-electron chi connectivity index (χ3n) is 4.13. The third-order valence-corrected chi connectivity index (χ3v) is 5.22. The van der Waals surface area contributed by atoms with Gasteiger partial charge in [-0.15, -0.1) is 11.3 Å². The van der Waals surface area contributed by atoms with Crippen molar-refractivity contribution in [1.82, 2.24) is 5.32 Å². The molecule has 2 rings (SSSR count). The van der Waals surface area contributed by atoms with Gasteiger partial charge < -0.3 is 10.4 Å². The molecule has 1 fully saturated rings. The quantitative estimate of drug-likeness (QED) is 0.875. The SMILES string of the molecule is CCCc1cc(C(=O)NCC2CCC(O)CC2)sc1C. The van der Waals surface area contributed by atoms with E-state index < -0.39 is 0 Å². The zero-order valence-corrected chi connectivity index (χ0v) is 13.3. The van der Waals surface area contributed by atoms with Gasteiger partial charge in [-0.2, -0.15) is 0 Å². The van der Waals surface area contributed by atoms with Gasteiger partial charge in [0.1, 0.15) is 0 Å². The molecule has 112 valence electrons. The highest BCUT2D eigenvalue weighted by Gasteiger charge is 2.20. The van der Waals surface area contributed by atoms with Gasteiger partial charge in [-0.3, -0.25) is 4.79 Å². The molecule has 1 aromatic rings. The van der Waals surface area contributed by atoms with Crippen molar-refractivity contribution in [2.24, 2.45) is 5.92 Å². The number of amides is 1. The molecule has 0 aliphatic heterocycles. The molecule has 0 aromatic carbocycles. The molecular formula is C16H25NO2S. The number of nitrogens with one attached hydrogen (secondary N) is 1. The smallest absolute Gasteiger partial charge is 0.261 e. The first kappa shape index (κ1) is 15.5. The maximum Gasteiger partial charge on any atom is 0.261 e. The minimum Gasteiger partial charge on any atom is -0.393 e. The monoisotopic (exact) mass is 295 g/mol. The van der Waals surface area contributed by atoms with Gasteiger partial charge >= 0.3 is 0 Å². The van der Waals surface area contributed by atoms with Crippen LogP contribution in [-0.2, 0) is 6.42 Å². The van der Waals surface area contributed by atoms with E-state index in [2.05, 4.69) is 19.2 Å². The van der Waals surface area contributed by atoms with Crippen molar-refractivity contribution < 1.29 is 9.90 Å². The number of aryl methyl sites for hydroxylation is 2. The molecule has 3 nitrogen and oxygen atoms in total. The molecule has 0 atom stereocenters. The van der Waals surface area contributed by atoms with Crippen molar-refractivity contribution in [3.8, 4) is 0 Å². The Balaban J connectivity index is 1.84. The molecule has 1 amide bonds. The number of hydrogen-bond donors (Lipinski definition) is 2. The zero-order chi connectivity index (χ0) is 14.5. The van der Waals surface area contributed by atoms with Gasteiger partial charge in [0.05, 0.1) is 11.0 Å². The van der Waals surface area contributed by atoms with Crippen molar-refractivity contribution in [2.75, 3.05) is 6.54 Å². The van der Waals surface area contributed by atoms with E-state index in [1.165, 1.54) is 10.4 Å². The molecule has 1 aromatic heterocycles. The van der Waals surface area contributed by atoms with Crippen LogP contribution < -0.4 is 5.32 Å². The molecule has 1 aliphatic carbocycles. The maximum absolute atomic E-state index is 12.2. The number of carbonyl (C=O) groups is 1. The van der Waals surface area contributed by atoms with Gasteiger partial charge in [-0.25, -0.2) is 0 Å². The van der Waals surface area contributed by atoms with E-state index in [1.54, 1.807) is 11.3 Å². The van der Waals surface area contributed by atoms with E-state index >= 15 is 0 Å². The lowest BCUT2D eigenvalue weighted by Gasteiger charge is -2.25. The lowest BCUT2D eigenvalue weighted by Crippen LogP contribution is -2.31. The molecule has 0 unspecified atom stereocenters. The molecule has 1 heterocycles. The summed E-state index contributed by atoms with van der Waals surface area (Å²) in [5.41, 5.74) is 1.31. The zero-order valence-electron chi connectivity index (χ0n) is 12.4. The lowest BCUT2D eigenvalue weighted by molar-refractivity contribution is 0.0913. The van der Waals surface area contributed by atoms with Crippen molar-refractivity contribution in [2.45, 2.75) is 58.5 Å². The van der Waals surface area contributed by atoms with Crippen LogP contribution >= 0.6 is 11.3 Å². The van der Waals surface area contributed by atoms with Crippen LogP contribution in [0.1, 0.15) is 59.1 Å². The van der Waals surface area contributed by atoms with Gasteiger partial charge in [0, 0.05) is 11.4 Å². The number of hydrogen-bond acceptors (Lipinski definition) is 3. The number of rotatable bonds is 5. The average Bonchev–Trinajstić information content (AvgIpc) is 2.80. The van der Waals surface area contributed by atoms with Gasteiger partial charge in [0.2, 0.25) is 0 Å². The predicted molar refractivity (Wildman–Crippen MR) is 83.3 cm³/mol. The molecule has 1 saturated carbocycles. The second-order valence-corrected chi connectivity index (χ2v) is 7.08. The van der Waals surface area contributed by atoms with Crippen LogP contribution in [0.25, 0.3) is 0 Å². The van der Waals surface area contributed by atoms with E-state index in [9.17, 15) is 9.90 Å². The van der Waals surface area contributed by atoms with Crippen LogP contribution in [0.15, 0.2) is 6.07 Å². The maximum atomic E-state index is 12.2. The summed E-state index contributed by atoms with van der Waals surface area (Å²) in [6, 6.07) is 2.05. The Labute approximate surface area is 125 Å². The first-order chi connectivity index (χ1) is 9.60. The Hall–Kier alpha value is -0.870. The number of thiophene rings is 1. The topological polar surface area (TPSA) is 49.3 Å². The Kier molecular flexibility index (Phi) is 5.61. The third kappa shape index (κ3) is 4.06. The highest BCUT2D eigenvalue weighted by atomic mass is 32.1. The Morgan fingerprint density at radius 1 is 1.40 bits per heavy atom. The standard InChI is InChI=1S/C16H25NO2S/c1-3-4-13-9-15(20-11(13)2)16(19)17-10-12-5-7-14(18)8-6-12/h9,12,14,18H,3-8,10H2,1-2H3,(H,17,19). The van der Waals surface area contributed by atoms with E-state index in [-0.39, 0.29) is 12.0 Å². The van der Waals surface area contributed by atoms with E-state index in [1.807, 2.05) is 6.07 Å². The van der Waals surface area contributed by atoms with Gasteiger partial charge in [0.25, 0.3) is 5.91 Å². The summed E-state index contributed by atoms with van der Waals surface area (Å²) in [7, 11) is 0. The number of aliphatic hydroxyl groups excluding tert-OH is 1. The Morgan fingerprint density at radius 2 is 2.10 bits per heavy atom. The summed E-state index contributed by atoms with van der Waals surface area (Å²) in [6.45, 7) is 4.99. The Bertz CT molecular complexity index is 447. The van der Waals surface area contributed by atoms with E-state index in [0.717, 1.165) is 49.9 Å². The summed E-state index contributed by atoms with van der Waals surface area (Å²) in [6.07, 6.45) is 5.83. The molecule has 4 heteroatoms. The molecule has 20 heavy (non-hydrogen) atoms. The summed E-state index contributed by atoms with van der Waals surface area (Å²) in [5, 5.41) is 12.5. The number of carbonyl (C=O) groups excluding carboxylic acids is 1. The van der Waals surface area contributed by atoms with Gasteiger partial charge in [-0.05, 0) is 56.6 Å². The first-order valence-electron chi connectivity index (χ1n) is 7.65. The van der Waals surface area contributed by atoms with Crippen LogP contribution in [0.2, 0.25) is 0 Å². The van der Waals surface area contributed by atoms with Crippen LogP contribution in [0.5, 0.6) is 0 Å². The van der Waals surface area contributed by atoms with E-state index in [0.29, 0.717) is 5.92 Å². The normalized spacial score (nSPS) is 22.8. The first-order valence-corrected chi connectivity index (χ1v) is 8.47. The minimum absolute atomic E-state index is 0.0616. The number of aliphatic hydroxyl groups is 1. The van der Waals surface area contributed by atoms with Crippen LogP contribution in [0.3, 0.4) is 0 Å². The predicted octanol–water partition coefficient (Wildman–Crippen LogP) is 3.29. The fourth-order valence-electron chi connectivity index (χ4n) is 2.82. The second-order valence-electron chi connectivity index (χ2n) is 5.83. The van der Waals surface area contributed by atoms with Crippen LogP contribution in [-0.4, -0.2) is 23.7 Å². The lowest BCUT2D eigenvalue weighted by atomic mass is 9.87. The van der Waals surface area contributed by atoms with Gasteiger partial charge in [0.15, 0.2) is 0 Å². The largest absolute Gasteiger partial charge is 0.393 e. The molecule has 2 N–H and O–H groups in total. The molecule has 0 saturated heterocycles. The van der Waals surface area contributed by atoms with Crippen molar-refractivity contribution in [3.63, 3.8) is 0 Å². The average molecular weight is 295 g/mol. The summed E-state index contributed by atoms with van der Waals surface area (Å²) in [5.74, 6) is 0.588. The van der Waals surface area contributed by atoms with Crippen molar-refractivity contribution in [1.29, 1.82) is 0 Å². The van der Waals surface area contributed by atoms with Gasteiger partial charge in [-0.1, -0.05) is 13.3 Å². The Morgan fingerprint density at radius 3 is 2.75 bits per heavy atom. The summed E-state index contributed by atoms with van der Waals surface area (Å²) < 4.78 is 0. The molecule has 1 aliphatic rings. The fraction of sp³-hybridized carbons (Fsp3) is 0.688. The van der Waals surface area contributed by atoms with Crippen LogP contribution in [0, 0.1) is 12.8 Å². The summed E-state index contributed by atoms with van der Waals surface area (Å²) >= 11 is 1.60. The molecular weight excluding hydrogens is 270 g/mol. The fourth-order valence-corrected chi connectivity index (χ4v) is 3.81. The summed E-state index contributed by atoms with van der Waals surface area (Å²) in [4.78, 5) is 14.3. The molecule has 0 spiro atoms. The molecule has 0 radical (unpaired) electrons. The van der Waals surface area contributed by atoms with Crippen molar-refractivity contribution in [3.05, 3.63) is 21.4 Å². The molecule has 0 bridgehead atoms. The van der Waals surface area contributed by atoms with E-state index in [4.69, 9.17) is 0 Å².